The first-order valence-electron chi connectivity index (χ1n) is 6.08. The monoisotopic (exact) mass is 219 g/mol. The molecule has 0 aromatic carbocycles. The maximum atomic E-state index is 5.74. The van der Waals surface area contributed by atoms with Crippen LogP contribution in [-0.2, 0) is 0 Å². The number of hydrogen-bond acceptors (Lipinski definition) is 3. The van der Waals surface area contributed by atoms with Gasteiger partial charge in [-0.1, -0.05) is 13.8 Å². The molecule has 1 aliphatic rings. The Morgan fingerprint density at radius 1 is 1.50 bits per heavy atom. The van der Waals surface area contributed by atoms with E-state index in [1.54, 1.807) is 6.20 Å². The van der Waals surface area contributed by atoms with E-state index in [2.05, 4.69) is 30.7 Å². The van der Waals surface area contributed by atoms with E-state index in [9.17, 15) is 0 Å². The second-order valence-corrected chi connectivity index (χ2v) is 5.06. The van der Waals surface area contributed by atoms with Crippen LogP contribution < -0.4 is 10.6 Å². The van der Waals surface area contributed by atoms with Crippen molar-refractivity contribution in [2.45, 2.75) is 39.7 Å². The summed E-state index contributed by atoms with van der Waals surface area (Å²) in [5.41, 5.74) is 7.68. The van der Waals surface area contributed by atoms with Crippen LogP contribution >= 0.6 is 0 Å². The van der Waals surface area contributed by atoms with E-state index in [4.69, 9.17) is 5.73 Å². The van der Waals surface area contributed by atoms with Gasteiger partial charge < -0.3 is 10.6 Å². The van der Waals surface area contributed by atoms with Crippen LogP contribution in [0.4, 0.5) is 11.5 Å². The Kier molecular flexibility index (Phi) is 3.03. The molecule has 1 atom stereocenters. The minimum absolute atomic E-state index is 0.634. The molecule has 0 amide bonds. The van der Waals surface area contributed by atoms with Gasteiger partial charge in [0, 0.05) is 12.6 Å². The summed E-state index contributed by atoms with van der Waals surface area (Å²) in [5.74, 6) is 1.80. The fraction of sp³-hybridized carbons (Fsp3) is 0.615. The van der Waals surface area contributed by atoms with Crippen LogP contribution in [-0.4, -0.2) is 17.6 Å². The number of pyridine rings is 1. The quantitative estimate of drug-likeness (QED) is 0.831. The highest BCUT2D eigenvalue weighted by Gasteiger charge is 2.28. The van der Waals surface area contributed by atoms with Gasteiger partial charge in [0.05, 0.1) is 11.9 Å². The molecule has 1 aliphatic heterocycles. The van der Waals surface area contributed by atoms with Crippen molar-refractivity contribution in [3.8, 4) is 0 Å². The van der Waals surface area contributed by atoms with E-state index in [0.29, 0.717) is 12.0 Å². The van der Waals surface area contributed by atoms with Gasteiger partial charge >= 0.3 is 0 Å². The molecule has 0 aliphatic carbocycles. The van der Waals surface area contributed by atoms with E-state index in [0.717, 1.165) is 18.1 Å². The summed E-state index contributed by atoms with van der Waals surface area (Å²) in [6.07, 6.45) is 4.32. The third-order valence-electron chi connectivity index (χ3n) is 3.41. The van der Waals surface area contributed by atoms with Gasteiger partial charge in [-0.3, -0.25) is 0 Å². The Labute approximate surface area is 97.7 Å². The highest BCUT2D eigenvalue weighted by atomic mass is 15.2. The fourth-order valence-corrected chi connectivity index (χ4v) is 2.64. The maximum absolute atomic E-state index is 5.74. The lowest BCUT2D eigenvalue weighted by atomic mass is 10.0. The number of anilines is 2. The van der Waals surface area contributed by atoms with Crippen LogP contribution in [0.1, 0.15) is 32.3 Å². The highest BCUT2D eigenvalue weighted by molar-refractivity contribution is 5.53. The van der Waals surface area contributed by atoms with Gasteiger partial charge in [0.15, 0.2) is 0 Å². The number of aryl methyl sites for hydroxylation is 1. The van der Waals surface area contributed by atoms with Gasteiger partial charge in [-0.2, -0.15) is 0 Å². The van der Waals surface area contributed by atoms with Crippen molar-refractivity contribution in [1.82, 2.24) is 4.98 Å². The number of nitrogens with two attached hydrogens (primary N) is 1. The molecule has 3 nitrogen and oxygen atoms in total. The average molecular weight is 219 g/mol. The molecular weight excluding hydrogens is 198 g/mol. The van der Waals surface area contributed by atoms with Crippen LogP contribution in [0.25, 0.3) is 0 Å². The number of nitrogens with zero attached hydrogens (tertiary/aromatic N) is 2. The van der Waals surface area contributed by atoms with Crippen LogP contribution in [0, 0.1) is 12.8 Å². The molecule has 0 bridgehead atoms. The van der Waals surface area contributed by atoms with Crippen LogP contribution in [0.15, 0.2) is 12.3 Å². The molecular formula is C13H21N3. The zero-order valence-electron chi connectivity index (χ0n) is 10.4. The van der Waals surface area contributed by atoms with E-state index in [1.165, 1.54) is 18.4 Å². The van der Waals surface area contributed by atoms with Crippen molar-refractivity contribution in [2.75, 3.05) is 17.2 Å². The molecule has 1 aromatic heterocycles. The molecule has 3 heteroatoms. The summed E-state index contributed by atoms with van der Waals surface area (Å²) in [4.78, 5) is 6.94. The summed E-state index contributed by atoms with van der Waals surface area (Å²) in [6.45, 7) is 7.79. The third-order valence-corrected chi connectivity index (χ3v) is 3.41. The Hall–Kier alpha value is -1.25. The predicted molar refractivity (Wildman–Crippen MR) is 68.6 cm³/mol. The summed E-state index contributed by atoms with van der Waals surface area (Å²) >= 11 is 0. The van der Waals surface area contributed by atoms with Gasteiger partial charge in [-0.25, -0.2) is 4.98 Å². The topological polar surface area (TPSA) is 42.1 Å². The van der Waals surface area contributed by atoms with Crippen molar-refractivity contribution >= 4 is 11.5 Å². The Balaban J connectivity index is 2.29. The molecule has 88 valence electrons. The second-order valence-electron chi connectivity index (χ2n) is 5.06. The minimum Gasteiger partial charge on any atom is -0.397 e. The maximum Gasteiger partial charge on any atom is 0.131 e. The molecule has 1 unspecified atom stereocenters. The lowest BCUT2D eigenvalue weighted by molar-refractivity contribution is 0.489. The van der Waals surface area contributed by atoms with E-state index in [1.807, 2.05) is 6.07 Å². The average Bonchev–Trinajstić information content (AvgIpc) is 2.66. The first kappa shape index (κ1) is 11.2. The highest BCUT2D eigenvalue weighted by Crippen LogP contribution is 2.30. The Bertz CT molecular complexity index is 373. The normalized spacial score (nSPS) is 20.8. The third kappa shape index (κ3) is 1.99. The van der Waals surface area contributed by atoms with Crippen LogP contribution in [0.2, 0.25) is 0 Å². The van der Waals surface area contributed by atoms with Crippen molar-refractivity contribution in [2.24, 2.45) is 5.92 Å². The smallest absolute Gasteiger partial charge is 0.131 e. The van der Waals surface area contributed by atoms with E-state index >= 15 is 0 Å². The van der Waals surface area contributed by atoms with Gasteiger partial charge in [0.25, 0.3) is 0 Å². The van der Waals surface area contributed by atoms with Gasteiger partial charge in [0.2, 0.25) is 0 Å². The molecule has 0 saturated carbocycles. The molecule has 2 N–H and O–H groups in total. The van der Waals surface area contributed by atoms with Crippen molar-refractivity contribution in [3.05, 3.63) is 17.8 Å². The second kappa shape index (κ2) is 4.32. The lowest BCUT2D eigenvalue weighted by Crippen LogP contribution is -2.34. The van der Waals surface area contributed by atoms with Gasteiger partial charge in [-0.05, 0) is 37.3 Å². The van der Waals surface area contributed by atoms with Gasteiger partial charge in [0.1, 0.15) is 5.82 Å². The lowest BCUT2D eigenvalue weighted by Gasteiger charge is -2.29. The summed E-state index contributed by atoms with van der Waals surface area (Å²) in [5, 5.41) is 0. The van der Waals surface area contributed by atoms with Gasteiger partial charge in [-0.15, -0.1) is 0 Å². The molecule has 2 heterocycles. The van der Waals surface area contributed by atoms with E-state index in [-0.39, 0.29) is 0 Å². The Morgan fingerprint density at radius 3 is 2.88 bits per heavy atom. The fourth-order valence-electron chi connectivity index (χ4n) is 2.64. The Morgan fingerprint density at radius 2 is 2.25 bits per heavy atom. The van der Waals surface area contributed by atoms with Crippen molar-refractivity contribution in [3.63, 3.8) is 0 Å². The zero-order valence-corrected chi connectivity index (χ0v) is 10.4. The molecule has 0 spiro atoms. The predicted octanol–water partition coefficient (Wildman–Crippen LogP) is 2.60. The van der Waals surface area contributed by atoms with E-state index < -0.39 is 0 Å². The number of aromatic nitrogens is 1. The molecule has 0 radical (unpaired) electrons. The summed E-state index contributed by atoms with van der Waals surface area (Å²) in [6, 6.07) is 2.65. The first-order valence-corrected chi connectivity index (χ1v) is 6.08. The van der Waals surface area contributed by atoms with Crippen molar-refractivity contribution < 1.29 is 0 Å². The summed E-state index contributed by atoms with van der Waals surface area (Å²) < 4.78 is 0. The standard InChI is InChI=1S/C13H21N3/c1-9(2)12-5-4-6-16(12)13-10(3)7-11(14)8-15-13/h7-9,12H,4-6,14H2,1-3H3. The number of rotatable bonds is 2. The SMILES string of the molecule is Cc1cc(N)cnc1N1CCCC1C(C)C. The number of nitrogen functional groups attached to an aromatic ring is 1. The minimum atomic E-state index is 0.634. The molecule has 2 rings (SSSR count). The number of hydrogen-bond donors (Lipinski definition) is 1. The molecule has 1 aromatic rings. The molecule has 1 fully saturated rings. The largest absolute Gasteiger partial charge is 0.397 e. The molecule has 1 saturated heterocycles. The van der Waals surface area contributed by atoms with Crippen molar-refractivity contribution in [1.29, 1.82) is 0 Å². The first-order chi connectivity index (χ1) is 7.59. The van der Waals surface area contributed by atoms with Crippen LogP contribution in [0.5, 0.6) is 0 Å². The summed E-state index contributed by atoms with van der Waals surface area (Å²) in [7, 11) is 0. The van der Waals surface area contributed by atoms with Crippen LogP contribution in [0.3, 0.4) is 0 Å². The molecule has 16 heavy (non-hydrogen) atoms. The zero-order chi connectivity index (χ0) is 11.7.